The van der Waals surface area contributed by atoms with Gasteiger partial charge in [0.2, 0.25) is 0 Å². The highest BCUT2D eigenvalue weighted by atomic mass is 16.1. The Morgan fingerprint density at radius 1 is 1.04 bits per heavy atom. The lowest BCUT2D eigenvalue weighted by atomic mass is 9.92. The number of aryl methyl sites for hydroxylation is 1. The third-order valence-electron chi connectivity index (χ3n) is 5.66. The van der Waals surface area contributed by atoms with Crippen LogP contribution in [-0.4, -0.2) is 9.38 Å². The van der Waals surface area contributed by atoms with E-state index >= 15 is 0 Å². The first-order valence-corrected chi connectivity index (χ1v) is 10.3. The standard InChI is InChI=1S/C24H31N3O/c1-6-18(5)19-8-10-20(11-9-19)24(16(2)3)25-14-21-13-23(28)27-15-17(4)7-12-22(27)26-21/h7-13,15-16,18,24-25H,6,14H2,1-5H3/p+1/t18-,24-/m1/s1. The molecule has 148 valence electrons. The first-order chi connectivity index (χ1) is 13.4. The van der Waals surface area contributed by atoms with Crippen molar-refractivity contribution >= 4 is 5.65 Å². The SMILES string of the molecule is CC[C@@H](C)c1ccc([C@H]([NH2+]Cc2cc(=O)n3cc(C)ccc3n2)C(C)C)cc1. The van der Waals surface area contributed by atoms with E-state index < -0.39 is 0 Å². The molecule has 2 aromatic heterocycles. The lowest BCUT2D eigenvalue weighted by Gasteiger charge is -2.20. The average molecular weight is 379 g/mol. The quantitative estimate of drug-likeness (QED) is 0.676. The molecular weight excluding hydrogens is 346 g/mol. The first-order valence-electron chi connectivity index (χ1n) is 10.3. The second kappa shape index (κ2) is 8.70. The highest BCUT2D eigenvalue weighted by Gasteiger charge is 2.20. The largest absolute Gasteiger partial charge is 0.335 e. The summed E-state index contributed by atoms with van der Waals surface area (Å²) >= 11 is 0. The van der Waals surface area contributed by atoms with Crippen molar-refractivity contribution < 1.29 is 5.32 Å². The van der Waals surface area contributed by atoms with Gasteiger partial charge in [-0.2, -0.15) is 0 Å². The van der Waals surface area contributed by atoms with Crippen LogP contribution in [0.5, 0.6) is 0 Å². The van der Waals surface area contributed by atoms with Gasteiger partial charge >= 0.3 is 0 Å². The van der Waals surface area contributed by atoms with Gasteiger partial charge in [0, 0.05) is 23.7 Å². The van der Waals surface area contributed by atoms with Crippen LogP contribution in [0, 0.1) is 12.8 Å². The van der Waals surface area contributed by atoms with Crippen LogP contribution in [0.25, 0.3) is 5.65 Å². The van der Waals surface area contributed by atoms with Crippen LogP contribution in [0.1, 0.15) is 68.5 Å². The van der Waals surface area contributed by atoms with Crippen LogP contribution >= 0.6 is 0 Å². The maximum atomic E-state index is 12.4. The Hall–Kier alpha value is -2.46. The molecule has 4 heteroatoms. The van der Waals surface area contributed by atoms with E-state index in [0.717, 1.165) is 17.7 Å². The lowest BCUT2D eigenvalue weighted by Crippen LogP contribution is -2.84. The number of benzene rings is 1. The van der Waals surface area contributed by atoms with Gasteiger partial charge in [0.15, 0.2) is 0 Å². The molecule has 0 aliphatic carbocycles. The van der Waals surface area contributed by atoms with Crippen LogP contribution in [0.15, 0.2) is 53.5 Å². The van der Waals surface area contributed by atoms with Gasteiger partial charge in [0.25, 0.3) is 5.56 Å². The lowest BCUT2D eigenvalue weighted by molar-refractivity contribution is -0.717. The van der Waals surface area contributed by atoms with Crippen LogP contribution in [0.2, 0.25) is 0 Å². The fraction of sp³-hybridized carbons (Fsp3) is 0.417. The Bertz CT molecular complexity index is 989. The molecule has 0 saturated carbocycles. The fourth-order valence-electron chi connectivity index (χ4n) is 3.69. The number of quaternary nitrogens is 1. The molecule has 0 aliphatic heterocycles. The van der Waals surface area contributed by atoms with Crippen molar-refractivity contribution in [3.05, 3.63) is 81.4 Å². The van der Waals surface area contributed by atoms with Crippen molar-refractivity contribution in [1.29, 1.82) is 0 Å². The smallest absolute Gasteiger partial charge is 0.258 e. The third kappa shape index (κ3) is 4.50. The Balaban J connectivity index is 1.79. The average Bonchev–Trinajstić information content (AvgIpc) is 2.68. The topological polar surface area (TPSA) is 51.0 Å². The van der Waals surface area contributed by atoms with Crippen molar-refractivity contribution in [2.24, 2.45) is 5.92 Å². The van der Waals surface area contributed by atoms with E-state index in [2.05, 4.69) is 62.3 Å². The van der Waals surface area contributed by atoms with Crippen LogP contribution in [0.4, 0.5) is 0 Å². The summed E-state index contributed by atoms with van der Waals surface area (Å²) in [5, 5.41) is 2.30. The van der Waals surface area contributed by atoms with Gasteiger partial charge in [-0.15, -0.1) is 0 Å². The number of pyridine rings is 1. The van der Waals surface area contributed by atoms with Gasteiger partial charge in [-0.05, 0) is 36.5 Å². The summed E-state index contributed by atoms with van der Waals surface area (Å²) in [5.74, 6) is 1.08. The number of aromatic nitrogens is 2. The van der Waals surface area contributed by atoms with Gasteiger partial charge in [-0.3, -0.25) is 9.20 Å². The second-order valence-corrected chi connectivity index (χ2v) is 8.21. The number of nitrogens with two attached hydrogens (primary N) is 1. The Kier molecular flexibility index (Phi) is 6.30. The highest BCUT2D eigenvalue weighted by molar-refractivity contribution is 5.39. The molecule has 2 heterocycles. The summed E-state index contributed by atoms with van der Waals surface area (Å²) in [5.41, 5.74) is 5.30. The fourth-order valence-corrected chi connectivity index (χ4v) is 3.69. The zero-order valence-electron chi connectivity index (χ0n) is 17.6. The second-order valence-electron chi connectivity index (χ2n) is 8.21. The Labute approximate surface area is 167 Å². The van der Waals surface area contributed by atoms with E-state index in [-0.39, 0.29) is 5.56 Å². The van der Waals surface area contributed by atoms with E-state index in [1.165, 1.54) is 11.1 Å². The minimum absolute atomic E-state index is 0.0175. The third-order valence-corrected chi connectivity index (χ3v) is 5.66. The molecular formula is C24H32N3O+. The molecule has 0 saturated heterocycles. The molecule has 0 radical (unpaired) electrons. The molecule has 2 N–H and O–H groups in total. The van der Waals surface area contributed by atoms with Gasteiger partial charge in [-0.25, -0.2) is 4.98 Å². The summed E-state index contributed by atoms with van der Waals surface area (Å²) < 4.78 is 1.62. The van der Waals surface area contributed by atoms with Crippen LogP contribution in [-0.2, 0) is 6.54 Å². The van der Waals surface area contributed by atoms with E-state index in [9.17, 15) is 4.79 Å². The maximum Gasteiger partial charge on any atom is 0.258 e. The summed E-state index contributed by atoms with van der Waals surface area (Å²) in [7, 11) is 0. The zero-order valence-corrected chi connectivity index (χ0v) is 17.6. The molecule has 3 aromatic rings. The predicted octanol–water partition coefficient (Wildman–Crippen LogP) is 3.98. The molecule has 28 heavy (non-hydrogen) atoms. The molecule has 0 spiro atoms. The molecule has 0 aliphatic rings. The summed E-state index contributed by atoms with van der Waals surface area (Å²) in [6.45, 7) is 11.7. The van der Waals surface area contributed by atoms with E-state index in [1.807, 2.05) is 25.3 Å². The van der Waals surface area contributed by atoms with Crippen LogP contribution < -0.4 is 10.9 Å². The minimum Gasteiger partial charge on any atom is -0.335 e. The summed E-state index contributed by atoms with van der Waals surface area (Å²) in [6, 6.07) is 14.9. The monoisotopic (exact) mass is 378 g/mol. The maximum absolute atomic E-state index is 12.4. The number of hydrogen-bond donors (Lipinski definition) is 1. The number of fused-ring (bicyclic) bond motifs is 1. The van der Waals surface area contributed by atoms with Gasteiger partial charge in [0.05, 0.1) is 0 Å². The molecule has 1 aromatic carbocycles. The van der Waals surface area contributed by atoms with E-state index in [0.29, 0.717) is 30.1 Å². The predicted molar refractivity (Wildman–Crippen MR) is 115 cm³/mol. The normalized spacial score (nSPS) is 13.8. The summed E-state index contributed by atoms with van der Waals surface area (Å²) in [4.78, 5) is 17.1. The first kappa shape index (κ1) is 20.3. The van der Waals surface area contributed by atoms with Gasteiger partial charge in [0.1, 0.15) is 23.9 Å². The molecule has 2 atom stereocenters. The molecule has 0 bridgehead atoms. The van der Waals surface area contributed by atoms with Crippen molar-refractivity contribution in [3.63, 3.8) is 0 Å². The summed E-state index contributed by atoms with van der Waals surface area (Å²) in [6.07, 6.45) is 3.00. The van der Waals surface area contributed by atoms with Crippen molar-refractivity contribution in [3.8, 4) is 0 Å². The zero-order chi connectivity index (χ0) is 20.3. The van der Waals surface area contributed by atoms with Crippen molar-refractivity contribution in [2.45, 2.75) is 59.5 Å². The highest BCUT2D eigenvalue weighted by Crippen LogP contribution is 2.23. The van der Waals surface area contributed by atoms with Crippen molar-refractivity contribution in [1.82, 2.24) is 9.38 Å². The Morgan fingerprint density at radius 3 is 2.36 bits per heavy atom. The van der Waals surface area contributed by atoms with E-state index in [1.54, 1.807) is 10.5 Å². The Morgan fingerprint density at radius 2 is 1.71 bits per heavy atom. The molecule has 0 unspecified atom stereocenters. The molecule has 3 rings (SSSR count). The van der Waals surface area contributed by atoms with E-state index in [4.69, 9.17) is 0 Å². The molecule has 4 nitrogen and oxygen atoms in total. The van der Waals surface area contributed by atoms with Gasteiger partial charge < -0.3 is 5.32 Å². The number of rotatable bonds is 7. The number of nitrogens with zero attached hydrogens (tertiary/aromatic N) is 2. The van der Waals surface area contributed by atoms with Crippen molar-refractivity contribution in [2.75, 3.05) is 0 Å². The van der Waals surface area contributed by atoms with Gasteiger partial charge in [-0.1, -0.05) is 58.0 Å². The number of hydrogen-bond acceptors (Lipinski definition) is 2. The minimum atomic E-state index is -0.0175. The molecule has 0 fully saturated rings. The molecule has 0 amide bonds. The van der Waals surface area contributed by atoms with Crippen LogP contribution in [0.3, 0.4) is 0 Å².